The van der Waals surface area contributed by atoms with Gasteiger partial charge in [0.05, 0.1) is 7.11 Å². The monoisotopic (exact) mass is 607 g/mol. The van der Waals surface area contributed by atoms with Gasteiger partial charge in [0.1, 0.15) is 0 Å². The van der Waals surface area contributed by atoms with Crippen LogP contribution < -0.4 is 10.1 Å². The van der Waals surface area contributed by atoms with Crippen LogP contribution in [0.5, 0.6) is 6.01 Å². The van der Waals surface area contributed by atoms with Gasteiger partial charge in [0.15, 0.2) is 0 Å². The molecule has 0 aliphatic carbocycles. The number of nitrogens with zero attached hydrogens (tertiary/aromatic N) is 3. The number of nitrogens with one attached hydrogen (secondary N) is 1. The second kappa shape index (κ2) is 11.4. The second-order valence-corrected chi connectivity index (χ2v) is 8.20. The van der Waals surface area contributed by atoms with Gasteiger partial charge < -0.3 is 13.2 Å². The third-order valence-electron chi connectivity index (χ3n) is 2.67. The van der Waals surface area contributed by atoms with Crippen LogP contribution in [0.3, 0.4) is 0 Å². The first-order chi connectivity index (χ1) is 12.7. The molecule has 0 bridgehead atoms. The van der Waals surface area contributed by atoms with E-state index in [0.717, 1.165) is 3.57 Å². The van der Waals surface area contributed by atoms with Crippen molar-refractivity contribution in [2.24, 2.45) is 0 Å². The summed E-state index contributed by atoms with van der Waals surface area (Å²) in [6.07, 6.45) is 0. The van der Waals surface area contributed by atoms with Crippen LogP contribution in [0.15, 0.2) is 23.1 Å². The molecule has 10 nitrogen and oxygen atoms in total. The van der Waals surface area contributed by atoms with E-state index in [-0.39, 0.29) is 26.1 Å². The maximum atomic E-state index is 11.2. The van der Waals surface area contributed by atoms with Gasteiger partial charge in [-0.1, -0.05) is 11.0 Å². The van der Waals surface area contributed by atoms with Gasteiger partial charge in [-0.3, -0.25) is 0 Å². The number of rotatable bonds is 4. The number of amides is 1. The van der Waals surface area contributed by atoms with Crippen LogP contribution in [0.4, 0.5) is 10.7 Å². The number of methoxy groups -OCH3 is 2. The maximum absolute atomic E-state index is 11.2. The molecule has 1 N–H and O–H groups in total. The number of aryl methyl sites for hydroxylation is 1. The normalized spacial score (nSPS) is 9.81. The van der Waals surface area contributed by atoms with Crippen LogP contribution in [-0.2, 0) is 23.9 Å². The zero-order valence-electron chi connectivity index (χ0n) is 14.4. The predicted octanol–water partition coefficient (Wildman–Crippen LogP) is 1.64. The van der Waals surface area contributed by atoms with Gasteiger partial charge in [-0.15, -0.1) is 0 Å². The molecule has 0 unspecified atom stereocenters. The molecule has 0 aliphatic heterocycles. The Morgan fingerprint density at radius 2 is 1.85 bits per heavy atom. The van der Waals surface area contributed by atoms with E-state index < -0.39 is 16.7 Å². The molecule has 0 atom stereocenters. The van der Waals surface area contributed by atoms with Crippen molar-refractivity contribution in [1.82, 2.24) is 15.0 Å². The molecule has 0 spiro atoms. The Kier molecular flexibility index (Phi) is 9.93. The zero-order chi connectivity index (χ0) is 20.6. The van der Waals surface area contributed by atoms with Crippen LogP contribution in [0.2, 0.25) is 0 Å². The summed E-state index contributed by atoms with van der Waals surface area (Å²) in [6.45, 7) is 1.70. The molecule has 0 aliphatic rings. The van der Waals surface area contributed by atoms with E-state index in [1.165, 1.54) is 26.4 Å². The number of carbonyl (C=O) groups excluding carboxylic acids is 2. The van der Waals surface area contributed by atoms with E-state index >= 15 is 0 Å². The van der Waals surface area contributed by atoms with E-state index in [4.69, 9.17) is 4.74 Å². The van der Waals surface area contributed by atoms with Gasteiger partial charge in [-0.05, 0) is 45.4 Å². The average Bonchev–Trinajstić information content (AvgIpc) is 2.60. The summed E-state index contributed by atoms with van der Waals surface area (Å²) >= 11 is 2.44. The third kappa shape index (κ3) is 7.96. The van der Waals surface area contributed by atoms with E-state index in [0.29, 0.717) is 30.2 Å². The van der Waals surface area contributed by atoms with Crippen molar-refractivity contribution in [3.05, 3.63) is 33.2 Å². The van der Waals surface area contributed by atoms with Gasteiger partial charge in [0, 0.05) is 9.13 Å². The first-order valence-corrected chi connectivity index (χ1v) is 10.8. The van der Waals surface area contributed by atoms with Crippen molar-refractivity contribution in [1.29, 1.82) is 0 Å². The Hall–Kier alpha value is -1.48. The fourth-order valence-corrected chi connectivity index (χ4v) is 3.25. The second-order valence-electron chi connectivity index (χ2n) is 4.55. The Labute approximate surface area is 185 Å². The van der Waals surface area contributed by atoms with Crippen molar-refractivity contribution < 1.29 is 27.5 Å². The Morgan fingerprint density at radius 3 is 2.37 bits per heavy atom. The standard InChI is InChI=1S/C8H6IO4S.C6H7N4O2.In/c1-13-8(10)6-3-2-5(9)4-7(6)14(11)12;1-4-8-5(7-3-11)10-6(9-4)12-2;/h2-4H,1H3;1-2H3,(H,7,8,9,10,11);/q-1;;. The number of hydrogen-bond acceptors (Lipinski definition) is 10. The molecule has 1 amide bonds. The molecule has 2 radical (unpaired) electrons. The number of benzene rings is 1. The summed E-state index contributed by atoms with van der Waals surface area (Å²) in [5.74, 6) is 0.0961. The summed E-state index contributed by atoms with van der Waals surface area (Å²) in [5.41, 5.74) is 0.0567. The number of aromatic nitrogens is 3. The van der Waals surface area contributed by atoms with E-state index in [2.05, 4.69) is 25.0 Å². The zero-order valence-corrected chi connectivity index (χ0v) is 20.7. The van der Waals surface area contributed by atoms with E-state index in [9.17, 15) is 18.0 Å². The van der Waals surface area contributed by atoms with Crippen LogP contribution in [-0.4, -0.2) is 63.2 Å². The number of hydrogen-bond donors (Lipinski definition) is 1. The van der Waals surface area contributed by atoms with Crippen molar-refractivity contribution in [3.63, 3.8) is 0 Å². The van der Waals surface area contributed by atoms with Gasteiger partial charge in [-0.25, -0.2) is 4.79 Å². The van der Waals surface area contributed by atoms with Crippen LogP contribution in [0, 0.1) is 10.5 Å². The van der Waals surface area contributed by atoms with Gasteiger partial charge in [0.2, 0.25) is 0 Å². The third-order valence-corrected chi connectivity index (χ3v) is 4.45. The number of ether oxygens (including phenoxy) is 2. The molecule has 2 aromatic rings. The Morgan fingerprint density at radius 1 is 1.19 bits per heavy atom. The summed E-state index contributed by atoms with van der Waals surface area (Å²) in [5, 5.41) is 2.50. The van der Waals surface area contributed by atoms with E-state index in [1.54, 1.807) is 13.0 Å². The van der Waals surface area contributed by atoms with Crippen LogP contribution >= 0.6 is 22.6 Å². The minimum absolute atomic E-state index is 0.0382. The van der Waals surface area contributed by atoms with E-state index in [1.807, 2.05) is 22.6 Å². The van der Waals surface area contributed by atoms with Crippen molar-refractivity contribution in [3.8, 4) is 6.01 Å². The number of esters is 1. The average molecular weight is 607 g/mol. The molecule has 0 saturated heterocycles. The van der Waals surface area contributed by atoms with Crippen LogP contribution in [0.1, 0.15) is 16.2 Å². The fraction of sp³-hybridized carbons (Fsp3) is 0.214. The predicted molar refractivity (Wildman–Crippen MR) is 103 cm³/mol. The summed E-state index contributed by atoms with van der Waals surface area (Å²) in [7, 11) is 0.236. The topological polar surface area (TPSA) is 137 Å². The van der Waals surface area contributed by atoms with Crippen molar-refractivity contribution >= 4 is 73.3 Å². The quantitative estimate of drug-likeness (QED) is 0.313. The van der Waals surface area contributed by atoms with Gasteiger partial charge in [0.25, 0.3) is 0 Å². The molecule has 1 aromatic carbocycles. The minimum atomic E-state index is -2.43. The SMILES string of the molecule is COC(=O)c1ccc(I)cc1[S-](=O)=O.COc1nc(C)nc(N[C](=O)[In])n1. The molecule has 142 valence electrons. The molecule has 1 aromatic heterocycles. The molecule has 27 heavy (non-hydrogen) atoms. The van der Waals surface area contributed by atoms with Gasteiger partial charge >= 0.3 is 95.6 Å². The molecular weight excluding hydrogens is 594 g/mol. The number of halogens is 1. The summed E-state index contributed by atoms with van der Waals surface area (Å²) in [4.78, 5) is 33.5. The fourth-order valence-electron chi connectivity index (χ4n) is 1.63. The summed E-state index contributed by atoms with van der Waals surface area (Å²) in [6, 6.07) is 4.69. The van der Waals surface area contributed by atoms with Crippen LogP contribution in [0.25, 0.3) is 0 Å². The molecular formula is C14H13IInN4O6S-. The first-order valence-electron chi connectivity index (χ1n) is 6.98. The number of carbonyl (C=O) groups is 2. The molecule has 13 heteroatoms. The Balaban J connectivity index is 0.000000271. The molecule has 1 heterocycles. The Bertz CT molecular complexity index is 916. The molecule has 2 rings (SSSR count). The summed E-state index contributed by atoms with van der Waals surface area (Å²) < 4.78 is 31.5. The first kappa shape index (κ1) is 23.6. The van der Waals surface area contributed by atoms with Crippen molar-refractivity contribution in [2.75, 3.05) is 19.5 Å². The van der Waals surface area contributed by atoms with Crippen molar-refractivity contribution in [2.45, 2.75) is 11.8 Å². The molecule has 0 saturated carbocycles. The molecule has 0 fully saturated rings. The number of anilines is 1. The van der Waals surface area contributed by atoms with Gasteiger partial charge in [-0.2, -0.15) is 0 Å².